The highest BCUT2D eigenvalue weighted by Crippen LogP contribution is 2.13. The first-order valence-electron chi connectivity index (χ1n) is 9.63. The number of piperazine rings is 1. The van der Waals surface area contributed by atoms with Crippen molar-refractivity contribution in [2.24, 2.45) is 4.99 Å². The second-order valence-corrected chi connectivity index (χ2v) is 7.13. The minimum atomic E-state index is -0.954. The Hall–Kier alpha value is -3.35. The lowest BCUT2D eigenvalue weighted by molar-refractivity contribution is -0.130. The number of aromatic carboxylic acids is 1. The lowest BCUT2D eigenvalue weighted by Gasteiger charge is -2.36. The highest BCUT2D eigenvalue weighted by Gasteiger charge is 2.21. The zero-order chi connectivity index (χ0) is 20.8. The molecule has 0 spiro atoms. The third-order valence-corrected chi connectivity index (χ3v) is 4.94. The topological polar surface area (TPSA) is 85.2 Å². The Kier molecular flexibility index (Phi) is 6.49. The number of aliphatic imine (C=N–C) groups is 1. The third-order valence-electron chi connectivity index (χ3n) is 4.94. The average Bonchev–Trinajstić information content (AvgIpc) is 2.72. The van der Waals surface area contributed by atoms with Crippen molar-refractivity contribution in [1.82, 2.24) is 9.80 Å². The number of hydrogen-bond donors (Lipinski definition) is 2. The highest BCUT2D eigenvalue weighted by atomic mass is 16.4. The molecule has 2 N–H and O–H groups in total. The molecule has 1 amide bonds. The van der Waals surface area contributed by atoms with Crippen LogP contribution in [0.25, 0.3) is 0 Å². The Morgan fingerprint density at radius 2 is 1.55 bits per heavy atom. The standard InChI is InChI=1S/C22H26N4O3/c1-16-3-5-18(6-4-16)15-23-22(26-13-11-25(12-14-26)17(2)27)24-20-9-7-19(8-10-20)21(28)29/h3-10H,11-15H2,1-2H3,(H,23,24)(H,28,29). The number of nitrogens with one attached hydrogen (secondary N) is 1. The Morgan fingerprint density at radius 1 is 0.966 bits per heavy atom. The molecule has 1 fully saturated rings. The Bertz CT molecular complexity index is 883. The van der Waals surface area contributed by atoms with Gasteiger partial charge in [-0.1, -0.05) is 29.8 Å². The molecule has 3 rings (SSSR count). The van der Waals surface area contributed by atoms with Gasteiger partial charge in [0, 0.05) is 38.8 Å². The summed E-state index contributed by atoms with van der Waals surface area (Å²) >= 11 is 0. The number of carboxylic acid groups (broad SMARTS) is 1. The summed E-state index contributed by atoms with van der Waals surface area (Å²) < 4.78 is 0. The summed E-state index contributed by atoms with van der Waals surface area (Å²) in [6.45, 7) is 6.85. The Balaban J connectivity index is 1.77. The maximum absolute atomic E-state index is 11.6. The molecule has 1 heterocycles. The summed E-state index contributed by atoms with van der Waals surface area (Å²) in [6.07, 6.45) is 0. The number of anilines is 1. The van der Waals surface area contributed by atoms with Gasteiger partial charge in [-0.05, 0) is 36.8 Å². The molecule has 29 heavy (non-hydrogen) atoms. The highest BCUT2D eigenvalue weighted by molar-refractivity contribution is 5.95. The first-order valence-corrected chi connectivity index (χ1v) is 9.63. The van der Waals surface area contributed by atoms with Crippen molar-refractivity contribution < 1.29 is 14.7 Å². The summed E-state index contributed by atoms with van der Waals surface area (Å²) in [5, 5.41) is 12.4. The normalized spacial score (nSPS) is 14.6. The fourth-order valence-corrected chi connectivity index (χ4v) is 3.14. The van der Waals surface area contributed by atoms with Gasteiger partial charge in [0.25, 0.3) is 0 Å². The maximum atomic E-state index is 11.6. The van der Waals surface area contributed by atoms with Crippen molar-refractivity contribution in [1.29, 1.82) is 0 Å². The van der Waals surface area contributed by atoms with E-state index < -0.39 is 5.97 Å². The van der Waals surface area contributed by atoms with Crippen LogP contribution < -0.4 is 5.32 Å². The van der Waals surface area contributed by atoms with Gasteiger partial charge in [-0.3, -0.25) is 4.79 Å². The molecule has 1 aliphatic rings. The van der Waals surface area contributed by atoms with E-state index in [0.717, 1.165) is 17.2 Å². The molecule has 0 aromatic heterocycles. The van der Waals surface area contributed by atoms with Gasteiger partial charge < -0.3 is 20.2 Å². The Labute approximate surface area is 170 Å². The largest absolute Gasteiger partial charge is 0.478 e. The fraction of sp³-hybridized carbons (Fsp3) is 0.318. The zero-order valence-electron chi connectivity index (χ0n) is 16.8. The van der Waals surface area contributed by atoms with Gasteiger partial charge in [0.1, 0.15) is 0 Å². The molecular weight excluding hydrogens is 368 g/mol. The first kappa shape index (κ1) is 20.4. The van der Waals surface area contributed by atoms with Crippen molar-refractivity contribution in [2.45, 2.75) is 20.4 Å². The van der Waals surface area contributed by atoms with Crippen LogP contribution in [0.2, 0.25) is 0 Å². The predicted molar refractivity (Wildman–Crippen MR) is 113 cm³/mol. The van der Waals surface area contributed by atoms with Gasteiger partial charge in [0.2, 0.25) is 5.91 Å². The van der Waals surface area contributed by atoms with Gasteiger partial charge in [0.15, 0.2) is 5.96 Å². The van der Waals surface area contributed by atoms with E-state index in [1.165, 1.54) is 5.56 Å². The molecule has 0 saturated carbocycles. The number of nitrogens with zero attached hydrogens (tertiary/aromatic N) is 3. The lowest BCUT2D eigenvalue weighted by Crippen LogP contribution is -2.51. The number of rotatable bonds is 4. The van der Waals surface area contributed by atoms with Gasteiger partial charge in [-0.15, -0.1) is 0 Å². The summed E-state index contributed by atoms with van der Waals surface area (Å²) in [5.74, 6) is -0.151. The van der Waals surface area contributed by atoms with Crippen molar-refractivity contribution in [3.8, 4) is 0 Å². The van der Waals surface area contributed by atoms with Crippen molar-refractivity contribution in [3.63, 3.8) is 0 Å². The van der Waals surface area contributed by atoms with Crippen LogP contribution in [0, 0.1) is 6.92 Å². The number of guanidine groups is 1. The average molecular weight is 394 g/mol. The van der Waals surface area contributed by atoms with Crippen molar-refractivity contribution in [2.75, 3.05) is 31.5 Å². The van der Waals surface area contributed by atoms with E-state index in [-0.39, 0.29) is 11.5 Å². The minimum absolute atomic E-state index is 0.0833. The van der Waals surface area contributed by atoms with Gasteiger partial charge in [-0.25, -0.2) is 9.79 Å². The molecule has 0 bridgehead atoms. The van der Waals surface area contributed by atoms with Gasteiger partial charge >= 0.3 is 5.97 Å². The van der Waals surface area contributed by atoms with Gasteiger partial charge in [0.05, 0.1) is 12.1 Å². The first-order chi connectivity index (χ1) is 13.9. The monoisotopic (exact) mass is 394 g/mol. The second kappa shape index (κ2) is 9.23. The second-order valence-electron chi connectivity index (χ2n) is 7.13. The van der Waals surface area contributed by atoms with E-state index >= 15 is 0 Å². The van der Waals surface area contributed by atoms with Crippen molar-refractivity contribution in [3.05, 3.63) is 65.2 Å². The van der Waals surface area contributed by atoms with E-state index in [9.17, 15) is 9.59 Å². The van der Waals surface area contributed by atoms with E-state index in [2.05, 4.69) is 41.4 Å². The number of amides is 1. The van der Waals surface area contributed by atoms with Crippen LogP contribution in [-0.2, 0) is 11.3 Å². The molecular formula is C22H26N4O3. The number of hydrogen-bond acceptors (Lipinski definition) is 3. The minimum Gasteiger partial charge on any atom is -0.478 e. The maximum Gasteiger partial charge on any atom is 0.335 e. The van der Waals surface area contributed by atoms with E-state index in [1.54, 1.807) is 31.2 Å². The molecule has 1 aliphatic heterocycles. The quantitative estimate of drug-likeness (QED) is 0.615. The van der Waals surface area contributed by atoms with E-state index in [0.29, 0.717) is 32.7 Å². The van der Waals surface area contributed by atoms with Crippen LogP contribution in [0.4, 0.5) is 5.69 Å². The van der Waals surface area contributed by atoms with Crippen LogP contribution in [0.5, 0.6) is 0 Å². The molecule has 7 heteroatoms. The van der Waals surface area contributed by atoms with Crippen LogP contribution >= 0.6 is 0 Å². The third kappa shape index (κ3) is 5.57. The van der Waals surface area contributed by atoms with E-state index in [4.69, 9.17) is 10.1 Å². The van der Waals surface area contributed by atoms with Crippen molar-refractivity contribution >= 4 is 23.5 Å². The van der Waals surface area contributed by atoms with Gasteiger partial charge in [-0.2, -0.15) is 0 Å². The SMILES string of the molecule is CC(=O)N1CCN(C(=NCc2ccc(C)cc2)Nc2ccc(C(=O)O)cc2)CC1. The summed E-state index contributed by atoms with van der Waals surface area (Å²) in [6, 6.07) is 14.8. The molecule has 2 aromatic carbocycles. The molecule has 7 nitrogen and oxygen atoms in total. The Morgan fingerprint density at radius 3 is 2.10 bits per heavy atom. The van der Waals surface area contributed by atoms with Crippen LogP contribution in [0.15, 0.2) is 53.5 Å². The fourth-order valence-electron chi connectivity index (χ4n) is 3.14. The number of carbonyl (C=O) groups excluding carboxylic acids is 1. The van der Waals surface area contributed by atoms with E-state index in [1.807, 2.05) is 4.90 Å². The molecule has 152 valence electrons. The molecule has 0 radical (unpaired) electrons. The van der Waals surface area contributed by atoms with Crippen LogP contribution in [-0.4, -0.2) is 58.9 Å². The number of carbonyl (C=O) groups is 2. The predicted octanol–water partition coefficient (Wildman–Crippen LogP) is 2.83. The smallest absolute Gasteiger partial charge is 0.335 e. The number of benzene rings is 2. The van der Waals surface area contributed by atoms with Crippen LogP contribution in [0.1, 0.15) is 28.4 Å². The van der Waals surface area contributed by atoms with Crippen LogP contribution in [0.3, 0.4) is 0 Å². The number of carboxylic acids is 1. The molecule has 0 unspecified atom stereocenters. The molecule has 2 aromatic rings. The summed E-state index contributed by atoms with van der Waals surface area (Å²) in [7, 11) is 0. The molecule has 1 saturated heterocycles. The zero-order valence-corrected chi connectivity index (χ0v) is 16.8. The molecule has 0 atom stereocenters. The summed E-state index contributed by atoms with van der Waals surface area (Å²) in [4.78, 5) is 31.4. The lowest BCUT2D eigenvalue weighted by atomic mass is 10.1. The summed E-state index contributed by atoms with van der Waals surface area (Å²) in [5.41, 5.74) is 3.32. The molecule has 0 aliphatic carbocycles. The number of aryl methyl sites for hydroxylation is 1.